The van der Waals surface area contributed by atoms with Gasteiger partial charge in [-0.25, -0.2) is 0 Å². The second-order valence-electron chi connectivity index (χ2n) is 4.86. The Bertz CT molecular complexity index is 741. The Hall–Kier alpha value is -2.20. The van der Waals surface area contributed by atoms with E-state index in [-0.39, 0.29) is 0 Å². The van der Waals surface area contributed by atoms with Gasteiger partial charge in [-0.3, -0.25) is 0 Å². The highest BCUT2D eigenvalue weighted by molar-refractivity contribution is 7.98. The van der Waals surface area contributed by atoms with Gasteiger partial charge < -0.3 is 0 Å². The second kappa shape index (κ2) is 9.18. The van der Waals surface area contributed by atoms with Gasteiger partial charge in [-0.15, -0.1) is 11.8 Å². The van der Waals surface area contributed by atoms with Crippen molar-refractivity contribution in [2.24, 2.45) is 0 Å². The van der Waals surface area contributed by atoms with Gasteiger partial charge >= 0.3 is 6.68 Å². The summed E-state index contributed by atoms with van der Waals surface area (Å²) in [4.78, 5) is 1.32. The molecule has 0 saturated carbocycles. The maximum atomic E-state index is 9.67. The van der Waals surface area contributed by atoms with Gasteiger partial charge in [0, 0.05) is 10.5 Å². The predicted molar refractivity (Wildman–Crippen MR) is 96.2 cm³/mol. The number of thioether (sulfide) groups is 1. The largest absolute Gasteiger partial charge is 0.379 e. The molecule has 0 N–H and O–H groups in total. The first-order chi connectivity index (χ1) is 11.6. The molecular formula is C20H17F3S. The Morgan fingerprint density at radius 2 is 1.17 bits per heavy atom. The van der Waals surface area contributed by atoms with E-state index in [4.69, 9.17) is 0 Å². The van der Waals surface area contributed by atoms with Crippen molar-refractivity contribution in [2.75, 3.05) is 6.26 Å². The second-order valence-corrected chi connectivity index (χ2v) is 5.71. The summed E-state index contributed by atoms with van der Waals surface area (Å²) in [5.41, 5.74) is 5.16. The van der Waals surface area contributed by atoms with E-state index >= 15 is 0 Å². The predicted octanol–water partition coefficient (Wildman–Crippen LogP) is 6.92. The maximum Gasteiger partial charge on any atom is 0.379 e. The molecule has 0 amide bonds. The summed E-state index contributed by atoms with van der Waals surface area (Å²) < 4.78 is 29.0. The number of benzene rings is 3. The third-order valence-electron chi connectivity index (χ3n) is 3.39. The third kappa shape index (κ3) is 4.90. The minimum Gasteiger partial charge on any atom is -0.174 e. The fourth-order valence-corrected chi connectivity index (χ4v) is 3.11. The zero-order valence-corrected chi connectivity index (χ0v) is 13.9. The molecule has 3 aromatic carbocycles. The van der Waals surface area contributed by atoms with Crippen LogP contribution in [-0.2, 0) is 0 Å². The summed E-state index contributed by atoms with van der Waals surface area (Å²) in [6, 6.07) is 27.8. The van der Waals surface area contributed by atoms with E-state index in [1.807, 2.05) is 0 Å². The van der Waals surface area contributed by atoms with E-state index in [0.717, 1.165) is 0 Å². The van der Waals surface area contributed by atoms with E-state index < -0.39 is 6.68 Å². The van der Waals surface area contributed by atoms with Crippen LogP contribution in [0.2, 0.25) is 0 Å². The van der Waals surface area contributed by atoms with Gasteiger partial charge in [0.05, 0.1) is 0 Å². The molecule has 0 nitrogen and oxygen atoms in total. The lowest BCUT2D eigenvalue weighted by Gasteiger charge is -2.14. The molecule has 124 valence electrons. The molecule has 0 bridgehead atoms. The summed E-state index contributed by atoms with van der Waals surface area (Å²) in [5.74, 6) is 0. The lowest BCUT2D eigenvalue weighted by molar-refractivity contribution is 0.00819. The number of rotatable bonds is 3. The molecule has 0 atom stereocenters. The average molecular weight is 346 g/mol. The van der Waals surface area contributed by atoms with Crippen LogP contribution in [0.1, 0.15) is 0 Å². The van der Waals surface area contributed by atoms with Gasteiger partial charge in [0.2, 0.25) is 0 Å². The monoisotopic (exact) mass is 346 g/mol. The number of halogens is 3. The lowest BCUT2D eigenvalue weighted by atomic mass is 9.94. The fraction of sp³-hybridized carbons (Fsp3) is 0.100. The summed E-state index contributed by atoms with van der Waals surface area (Å²) in [6.45, 7) is -3.67. The maximum absolute atomic E-state index is 9.67. The van der Waals surface area contributed by atoms with Crippen molar-refractivity contribution in [3.05, 3.63) is 78.9 Å². The van der Waals surface area contributed by atoms with Crippen molar-refractivity contribution < 1.29 is 13.2 Å². The van der Waals surface area contributed by atoms with Crippen molar-refractivity contribution in [2.45, 2.75) is 11.6 Å². The number of alkyl halides is 3. The van der Waals surface area contributed by atoms with E-state index in [2.05, 4.69) is 85.1 Å². The van der Waals surface area contributed by atoms with Crippen molar-refractivity contribution >= 4 is 11.8 Å². The van der Waals surface area contributed by atoms with E-state index in [0.29, 0.717) is 0 Å². The van der Waals surface area contributed by atoms with Crippen molar-refractivity contribution in [1.82, 2.24) is 0 Å². The Kier molecular flexibility index (Phi) is 6.94. The molecular weight excluding hydrogens is 329 g/mol. The van der Waals surface area contributed by atoms with Crippen LogP contribution in [0.25, 0.3) is 22.3 Å². The minimum absolute atomic E-state index is 1.27. The summed E-state index contributed by atoms with van der Waals surface area (Å²) in [6.07, 6.45) is 2.14. The third-order valence-corrected chi connectivity index (χ3v) is 4.17. The molecule has 0 heterocycles. The molecule has 3 aromatic rings. The normalized spacial score (nSPS) is 10.2. The zero-order valence-electron chi connectivity index (χ0n) is 13.1. The van der Waals surface area contributed by atoms with Crippen molar-refractivity contribution in [3.63, 3.8) is 0 Å². The first-order valence-corrected chi connectivity index (χ1v) is 8.56. The number of hydrogen-bond donors (Lipinski definition) is 0. The molecule has 0 spiro atoms. The van der Waals surface area contributed by atoms with Crippen LogP contribution >= 0.6 is 11.8 Å². The summed E-state index contributed by atoms with van der Waals surface area (Å²) in [7, 11) is 0. The van der Waals surface area contributed by atoms with Crippen molar-refractivity contribution in [1.29, 1.82) is 0 Å². The number of hydrogen-bond acceptors (Lipinski definition) is 1. The average Bonchev–Trinajstić information content (AvgIpc) is 2.62. The Labute approximate surface area is 144 Å². The van der Waals surface area contributed by atoms with Crippen LogP contribution in [0.15, 0.2) is 83.8 Å². The topological polar surface area (TPSA) is 0 Å². The highest BCUT2D eigenvalue weighted by Gasteiger charge is 2.11. The van der Waals surface area contributed by atoms with E-state index in [1.165, 1.54) is 27.1 Å². The van der Waals surface area contributed by atoms with Crippen molar-refractivity contribution in [3.8, 4) is 22.3 Å². The highest BCUT2D eigenvalue weighted by atomic mass is 32.2. The van der Waals surface area contributed by atoms with Gasteiger partial charge in [-0.05, 0) is 29.0 Å². The summed E-state index contributed by atoms with van der Waals surface area (Å²) in [5, 5.41) is 0. The zero-order chi connectivity index (χ0) is 17.4. The quantitative estimate of drug-likeness (QED) is 0.464. The van der Waals surface area contributed by atoms with Crippen LogP contribution in [0, 0.1) is 0 Å². The Morgan fingerprint density at radius 3 is 1.67 bits per heavy atom. The fourth-order valence-electron chi connectivity index (χ4n) is 2.46. The molecule has 0 aliphatic rings. The molecule has 0 fully saturated rings. The smallest absolute Gasteiger partial charge is 0.174 e. The molecule has 24 heavy (non-hydrogen) atoms. The van der Waals surface area contributed by atoms with Gasteiger partial charge in [-0.2, -0.15) is 13.2 Å². The molecule has 0 aliphatic carbocycles. The first-order valence-electron chi connectivity index (χ1n) is 7.33. The molecule has 0 unspecified atom stereocenters. The standard InChI is InChI=1S/C19H16S.CHF3/c1-20-18-14-8-13-17(15-9-4-2-5-10-15)19(18)16-11-6-3-7-12-16;2-1(3)4/h2-14H,1H3;1H. The SMILES string of the molecule is CSc1cccc(-c2ccccc2)c1-c1ccccc1.FC(F)F. The van der Waals surface area contributed by atoms with E-state index in [9.17, 15) is 13.2 Å². The molecule has 0 aliphatic heterocycles. The minimum atomic E-state index is -3.67. The van der Waals surface area contributed by atoms with Crippen LogP contribution in [0.4, 0.5) is 13.2 Å². The van der Waals surface area contributed by atoms with Gasteiger partial charge in [0.1, 0.15) is 0 Å². The Morgan fingerprint density at radius 1 is 0.667 bits per heavy atom. The van der Waals surface area contributed by atoms with Crippen LogP contribution in [-0.4, -0.2) is 12.9 Å². The first kappa shape index (κ1) is 18.1. The molecule has 3 rings (SSSR count). The molecule has 0 saturated heterocycles. The molecule has 0 radical (unpaired) electrons. The summed E-state index contributed by atoms with van der Waals surface area (Å²) >= 11 is 1.80. The molecule has 0 aromatic heterocycles. The highest BCUT2D eigenvalue weighted by Crippen LogP contribution is 2.38. The van der Waals surface area contributed by atoms with Gasteiger partial charge in [0.25, 0.3) is 0 Å². The van der Waals surface area contributed by atoms with Gasteiger partial charge in [0.15, 0.2) is 0 Å². The van der Waals surface area contributed by atoms with Crippen LogP contribution in [0.5, 0.6) is 0 Å². The van der Waals surface area contributed by atoms with Crippen LogP contribution < -0.4 is 0 Å². The van der Waals surface area contributed by atoms with Crippen LogP contribution in [0.3, 0.4) is 0 Å². The lowest BCUT2D eigenvalue weighted by Crippen LogP contribution is -1.88. The Balaban J connectivity index is 0.000000471. The molecule has 4 heteroatoms. The van der Waals surface area contributed by atoms with Gasteiger partial charge in [-0.1, -0.05) is 72.8 Å². The van der Waals surface area contributed by atoms with E-state index in [1.54, 1.807) is 11.8 Å².